The number of nitriles is 1. The Bertz CT molecular complexity index is 130. The Morgan fingerprint density at radius 3 is 2.38 bits per heavy atom. The zero-order chi connectivity index (χ0) is 6.20. The molecule has 0 saturated heterocycles. The molecule has 0 amide bonds. The fraction of sp³-hybridized carbons (Fsp3) is 0.833. The maximum Gasteiger partial charge on any atom is 0.196 e. The van der Waals surface area contributed by atoms with Gasteiger partial charge in [0.2, 0.25) is 0 Å². The van der Waals surface area contributed by atoms with Crippen LogP contribution in [0.25, 0.3) is 0 Å². The molecule has 1 nitrogen and oxygen atoms in total. The largest absolute Gasteiger partial charge is 0.227 e. The summed E-state index contributed by atoms with van der Waals surface area (Å²) < 4.78 is 12.5. The molecule has 1 aliphatic carbocycles. The summed E-state index contributed by atoms with van der Waals surface area (Å²) in [5, 5.41) is 8.14. The lowest BCUT2D eigenvalue weighted by atomic mass is 9.74. The van der Waals surface area contributed by atoms with E-state index in [1.807, 2.05) is 6.92 Å². The van der Waals surface area contributed by atoms with Gasteiger partial charge in [-0.25, -0.2) is 4.39 Å². The topological polar surface area (TPSA) is 23.8 Å². The van der Waals surface area contributed by atoms with Gasteiger partial charge in [0.25, 0.3) is 0 Å². The van der Waals surface area contributed by atoms with Gasteiger partial charge in [-0.15, -0.1) is 0 Å². The van der Waals surface area contributed by atoms with Gasteiger partial charge in [-0.2, -0.15) is 5.26 Å². The van der Waals surface area contributed by atoms with Crippen LogP contribution in [0.1, 0.15) is 19.8 Å². The second kappa shape index (κ2) is 1.45. The molecule has 0 heterocycles. The second-order valence-electron chi connectivity index (χ2n) is 2.59. The van der Waals surface area contributed by atoms with E-state index in [-0.39, 0.29) is 0 Å². The number of halogens is 1. The molecule has 8 heavy (non-hydrogen) atoms. The van der Waals surface area contributed by atoms with Crippen LogP contribution >= 0.6 is 0 Å². The summed E-state index contributed by atoms with van der Waals surface area (Å²) in [7, 11) is 0. The van der Waals surface area contributed by atoms with Gasteiger partial charge in [0.1, 0.15) is 6.07 Å². The van der Waals surface area contributed by atoms with Gasteiger partial charge >= 0.3 is 0 Å². The molecule has 0 unspecified atom stereocenters. The van der Waals surface area contributed by atoms with Crippen molar-refractivity contribution in [2.45, 2.75) is 25.4 Å². The first-order valence-electron chi connectivity index (χ1n) is 2.76. The van der Waals surface area contributed by atoms with Crippen LogP contribution in [0.4, 0.5) is 4.39 Å². The van der Waals surface area contributed by atoms with Gasteiger partial charge in [-0.3, -0.25) is 0 Å². The third kappa shape index (κ3) is 0.686. The smallest absolute Gasteiger partial charge is 0.196 e. The van der Waals surface area contributed by atoms with Crippen LogP contribution < -0.4 is 0 Å². The standard InChI is InChI=1S/C6H8FN/c1-5-2-6(7,3-5)4-8/h5H,2-3H2,1H3/t5-,6-. The minimum Gasteiger partial charge on any atom is -0.227 e. The van der Waals surface area contributed by atoms with Gasteiger partial charge in [0.05, 0.1) is 0 Å². The van der Waals surface area contributed by atoms with Gasteiger partial charge in [-0.05, 0) is 18.8 Å². The van der Waals surface area contributed by atoms with Crippen LogP contribution in [-0.4, -0.2) is 5.67 Å². The molecule has 0 aromatic carbocycles. The van der Waals surface area contributed by atoms with Crippen molar-refractivity contribution in [3.8, 4) is 6.07 Å². The van der Waals surface area contributed by atoms with Crippen LogP contribution in [0.2, 0.25) is 0 Å². The van der Waals surface area contributed by atoms with E-state index in [9.17, 15) is 4.39 Å². The van der Waals surface area contributed by atoms with E-state index in [0.29, 0.717) is 18.8 Å². The number of nitrogens with zero attached hydrogens (tertiary/aromatic N) is 1. The molecule has 1 rings (SSSR count). The molecule has 44 valence electrons. The van der Waals surface area contributed by atoms with E-state index < -0.39 is 5.67 Å². The van der Waals surface area contributed by atoms with E-state index in [2.05, 4.69) is 0 Å². The van der Waals surface area contributed by atoms with E-state index >= 15 is 0 Å². The third-order valence-corrected chi connectivity index (χ3v) is 1.54. The Balaban J connectivity index is 2.44. The van der Waals surface area contributed by atoms with Crippen LogP contribution in [0.3, 0.4) is 0 Å². The van der Waals surface area contributed by atoms with Crippen molar-refractivity contribution in [3.05, 3.63) is 0 Å². The molecule has 0 aliphatic heterocycles. The van der Waals surface area contributed by atoms with E-state index in [1.165, 1.54) is 0 Å². The first-order chi connectivity index (χ1) is 3.66. The molecule has 1 fully saturated rings. The van der Waals surface area contributed by atoms with Crippen LogP contribution in [0.15, 0.2) is 0 Å². The molecule has 0 spiro atoms. The highest BCUT2D eigenvalue weighted by atomic mass is 19.1. The minimum atomic E-state index is -1.46. The average Bonchev–Trinajstić information content (AvgIpc) is 1.63. The van der Waals surface area contributed by atoms with Crippen molar-refractivity contribution < 1.29 is 4.39 Å². The van der Waals surface area contributed by atoms with Gasteiger partial charge in [0.15, 0.2) is 5.67 Å². The van der Waals surface area contributed by atoms with Crippen LogP contribution in [0, 0.1) is 17.2 Å². The molecule has 1 saturated carbocycles. The predicted octanol–water partition coefficient (Wildman–Crippen LogP) is 1.65. The highest BCUT2D eigenvalue weighted by molar-refractivity contribution is 5.08. The lowest BCUT2D eigenvalue weighted by Gasteiger charge is -2.33. The quantitative estimate of drug-likeness (QED) is 0.468. The Kier molecular flexibility index (Phi) is 1.00. The summed E-state index contributed by atoms with van der Waals surface area (Å²) >= 11 is 0. The molecular formula is C6H8FN. The number of hydrogen-bond acceptors (Lipinski definition) is 1. The number of alkyl halides is 1. The summed E-state index contributed by atoms with van der Waals surface area (Å²) in [6.45, 7) is 1.95. The summed E-state index contributed by atoms with van der Waals surface area (Å²) in [6.07, 6.45) is 0.868. The maximum atomic E-state index is 12.5. The normalized spacial score (nSPS) is 44.9. The Hall–Kier alpha value is -0.580. The van der Waals surface area contributed by atoms with Gasteiger partial charge < -0.3 is 0 Å². The van der Waals surface area contributed by atoms with E-state index in [0.717, 1.165) is 0 Å². The zero-order valence-corrected chi connectivity index (χ0v) is 4.82. The lowest BCUT2D eigenvalue weighted by molar-refractivity contribution is 0.0718. The van der Waals surface area contributed by atoms with Crippen molar-refractivity contribution >= 4 is 0 Å². The fourth-order valence-electron chi connectivity index (χ4n) is 1.14. The summed E-state index contributed by atoms with van der Waals surface area (Å²) in [5.41, 5.74) is -1.46. The molecule has 0 aromatic heterocycles. The third-order valence-electron chi connectivity index (χ3n) is 1.54. The first-order valence-corrected chi connectivity index (χ1v) is 2.76. The SMILES string of the molecule is C[C@H]1C[C@@](F)(C#N)C1. The number of hydrogen-bond donors (Lipinski definition) is 0. The van der Waals surface area contributed by atoms with Crippen molar-refractivity contribution in [3.63, 3.8) is 0 Å². The predicted molar refractivity (Wildman–Crippen MR) is 27.8 cm³/mol. The van der Waals surface area contributed by atoms with Crippen molar-refractivity contribution in [2.75, 3.05) is 0 Å². The Morgan fingerprint density at radius 1 is 1.75 bits per heavy atom. The average molecular weight is 113 g/mol. The molecule has 0 aromatic rings. The highest BCUT2D eigenvalue weighted by Crippen LogP contribution is 2.39. The maximum absolute atomic E-state index is 12.5. The summed E-state index contributed by atoms with van der Waals surface area (Å²) in [4.78, 5) is 0. The van der Waals surface area contributed by atoms with Crippen molar-refractivity contribution in [1.82, 2.24) is 0 Å². The Labute approximate surface area is 48.1 Å². The van der Waals surface area contributed by atoms with Crippen LogP contribution in [0.5, 0.6) is 0 Å². The lowest BCUT2D eigenvalue weighted by Crippen LogP contribution is -2.36. The molecule has 0 N–H and O–H groups in total. The first kappa shape index (κ1) is 5.55. The summed E-state index contributed by atoms with van der Waals surface area (Å²) in [5.74, 6) is 0.416. The molecule has 2 heteroatoms. The second-order valence-corrected chi connectivity index (χ2v) is 2.59. The summed E-state index contributed by atoms with van der Waals surface area (Å²) in [6, 6.07) is 1.64. The molecule has 0 atom stereocenters. The number of rotatable bonds is 0. The van der Waals surface area contributed by atoms with Crippen molar-refractivity contribution in [2.24, 2.45) is 5.92 Å². The molecule has 0 bridgehead atoms. The fourth-order valence-corrected chi connectivity index (χ4v) is 1.14. The molecule has 0 radical (unpaired) electrons. The van der Waals surface area contributed by atoms with E-state index in [1.54, 1.807) is 6.07 Å². The van der Waals surface area contributed by atoms with E-state index in [4.69, 9.17) is 5.26 Å². The van der Waals surface area contributed by atoms with Crippen molar-refractivity contribution in [1.29, 1.82) is 5.26 Å². The van der Waals surface area contributed by atoms with Gasteiger partial charge in [-0.1, -0.05) is 6.92 Å². The minimum absolute atomic E-state index is 0.416. The molecular weight excluding hydrogens is 105 g/mol. The molecule has 1 aliphatic rings. The van der Waals surface area contributed by atoms with Gasteiger partial charge in [0, 0.05) is 0 Å². The highest BCUT2D eigenvalue weighted by Gasteiger charge is 2.42. The van der Waals surface area contributed by atoms with Crippen LogP contribution in [-0.2, 0) is 0 Å². The monoisotopic (exact) mass is 113 g/mol. The Morgan fingerprint density at radius 2 is 2.25 bits per heavy atom. The zero-order valence-electron chi connectivity index (χ0n) is 4.82.